The fraction of sp³-hybridized carbons (Fsp3) is 0.350. The summed E-state index contributed by atoms with van der Waals surface area (Å²) in [5, 5.41) is 2.97. The van der Waals surface area contributed by atoms with Crippen LogP contribution in [0.2, 0.25) is 0 Å². The van der Waals surface area contributed by atoms with Gasteiger partial charge in [0.1, 0.15) is 6.54 Å². The second kappa shape index (κ2) is 8.44. The lowest BCUT2D eigenvalue weighted by Gasteiger charge is -2.25. The minimum Gasteiger partial charge on any atom is -0.352 e. The van der Waals surface area contributed by atoms with E-state index in [1.165, 1.54) is 4.31 Å². The van der Waals surface area contributed by atoms with Gasteiger partial charge in [0.2, 0.25) is 5.91 Å². The molecule has 1 amide bonds. The lowest BCUT2D eigenvalue weighted by Crippen LogP contribution is -2.43. The monoisotopic (exact) mass is 450 g/mol. The normalized spacial score (nSPS) is 14.9. The van der Waals surface area contributed by atoms with Gasteiger partial charge in [0.15, 0.2) is 0 Å². The minimum absolute atomic E-state index is 0.145. The van der Waals surface area contributed by atoms with Crippen LogP contribution in [0.15, 0.2) is 57.9 Å². The average molecular weight is 451 g/mol. The van der Waals surface area contributed by atoms with Gasteiger partial charge in [0.05, 0.1) is 10.6 Å². The number of nitrogens with one attached hydrogen (secondary N) is 1. The van der Waals surface area contributed by atoms with Crippen LogP contribution >= 0.6 is 15.9 Å². The molecule has 7 heteroatoms. The molecule has 0 aliphatic heterocycles. The zero-order valence-electron chi connectivity index (χ0n) is 15.2. The van der Waals surface area contributed by atoms with Crippen molar-refractivity contribution in [3.8, 4) is 0 Å². The number of hydrogen-bond acceptors (Lipinski definition) is 3. The van der Waals surface area contributed by atoms with E-state index in [0.717, 1.165) is 35.7 Å². The van der Waals surface area contributed by atoms with E-state index < -0.39 is 10.0 Å². The van der Waals surface area contributed by atoms with Crippen LogP contribution in [0, 0.1) is 6.92 Å². The average Bonchev–Trinajstić information content (AvgIpc) is 3.14. The third-order valence-electron chi connectivity index (χ3n) is 4.73. The number of halogens is 1. The Labute approximate surface area is 169 Å². The molecule has 0 aromatic heterocycles. The Morgan fingerprint density at radius 2 is 1.67 bits per heavy atom. The van der Waals surface area contributed by atoms with Crippen molar-refractivity contribution < 1.29 is 13.2 Å². The van der Waals surface area contributed by atoms with Gasteiger partial charge in [-0.25, -0.2) is 8.42 Å². The van der Waals surface area contributed by atoms with Crippen molar-refractivity contribution in [2.24, 2.45) is 0 Å². The number of benzene rings is 2. The van der Waals surface area contributed by atoms with Crippen LogP contribution in [0.25, 0.3) is 0 Å². The van der Waals surface area contributed by atoms with Gasteiger partial charge in [-0.3, -0.25) is 9.10 Å². The summed E-state index contributed by atoms with van der Waals surface area (Å²) in [5.41, 5.74) is 1.43. The van der Waals surface area contributed by atoms with Crippen molar-refractivity contribution in [3.05, 3.63) is 58.6 Å². The molecule has 27 heavy (non-hydrogen) atoms. The number of sulfonamides is 1. The maximum atomic E-state index is 13.2. The van der Waals surface area contributed by atoms with Crippen molar-refractivity contribution in [3.63, 3.8) is 0 Å². The Morgan fingerprint density at radius 3 is 2.26 bits per heavy atom. The third kappa shape index (κ3) is 4.90. The number of amides is 1. The van der Waals surface area contributed by atoms with Crippen molar-refractivity contribution >= 4 is 37.5 Å². The zero-order chi connectivity index (χ0) is 19.4. The summed E-state index contributed by atoms with van der Waals surface area (Å²) < 4.78 is 28.5. The van der Waals surface area contributed by atoms with Crippen LogP contribution in [-0.4, -0.2) is 26.9 Å². The summed E-state index contributed by atoms with van der Waals surface area (Å²) in [4.78, 5) is 12.7. The van der Waals surface area contributed by atoms with Crippen molar-refractivity contribution in [2.45, 2.75) is 43.5 Å². The molecule has 0 saturated heterocycles. The summed E-state index contributed by atoms with van der Waals surface area (Å²) in [6, 6.07) is 13.7. The van der Waals surface area contributed by atoms with E-state index in [1.807, 2.05) is 6.92 Å². The van der Waals surface area contributed by atoms with Gasteiger partial charge in [0.25, 0.3) is 10.0 Å². The Hall–Kier alpha value is -1.86. The molecule has 2 aromatic rings. The minimum atomic E-state index is -3.86. The van der Waals surface area contributed by atoms with Crippen LogP contribution in [-0.2, 0) is 14.8 Å². The Bertz CT molecular complexity index is 890. The van der Waals surface area contributed by atoms with E-state index in [9.17, 15) is 13.2 Å². The summed E-state index contributed by atoms with van der Waals surface area (Å²) in [6.45, 7) is 1.66. The number of aryl methyl sites for hydroxylation is 1. The number of anilines is 1. The van der Waals surface area contributed by atoms with Gasteiger partial charge in [-0.2, -0.15) is 0 Å². The maximum Gasteiger partial charge on any atom is 0.264 e. The highest BCUT2D eigenvalue weighted by atomic mass is 79.9. The van der Waals surface area contributed by atoms with Gasteiger partial charge < -0.3 is 5.32 Å². The molecular weight excluding hydrogens is 428 g/mol. The number of nitrogens with zero attached hydrogens (tertiary/aromatic N) is 1. The molecular formula is C20H23BrN2O3S. The number of carbonyl (C=O) groups is 1. The highest BCUT2D eigenvalue weighted by Crippen LogP contribution is 2.26. The molecule has 1 aliphatic carbocycles. The highest BCUT2D eigenvalue weighted by molar-refractivity contribution is 9.10. The van der Waals surface area contributed by atoms with Crippen LogP contribution in [0.1, 0.15) is 31.2 Å². The first-order valence-corrected chi connectivity index (χ1v) is 11.2. The zero-order valence-corrected chi connectivity index (χ0v) is 17.6. The van der Waals surface area contributed by atoms with E-state index in [1.54, 1.807) is 48.5 Å². The molecule has 2 aromatic carbocycles. The maximum absolute atomic E-state index is 13.2. The van der Waals surface area contributed by atoms with Gasteiger partial charge in [-0.1, -0.05) is 46.5 Å². The molecule has 144 valence electrons. The van der Waals surface area contributed by atoms with Crippen LogP contribution in [0.4, 0.5) is 5.69 Å². The fourth-order valence-corrected chi connectivity index (χ4v) is 4.92. The smallest absolute Gasteiger partial charge is 0.264 e. The van der Waals surface area contributed by atoms with E-state index in [2.05, 4.69) is 21.2 Å². The van der Waals surface area contributed by atoms with Crippen molar-refractivity contribution in [2.75, 3.05) is 10.8 Å². The van der Waals surface area contributed by atoms with Gasteiger partial charge in [0, 0.05) is 10.5 Å². The van der Waals surface area contributed by atoms with E-state index in [0.29, 0.717) is 5.69 Å². The van der Waals surface area contributed by atoms with Gasteiger partial charge in [-0.15, -0.1) is 0 Å². The fourth-order valence-electron chi connectivity index (χ4n) is 3.23. The van der Waals surface area contributed by atoms with E-state index >= 15 is 0 Å². The van der Waals surface area contributed by atoms with Crippen LogP contribution in [0.3, 0.4) is 0 Å². The molecule has 0 bridgehead atoms. The number of carbonyl (C=O) groups excluding carboxylic acids is 1. The largest absolute Gasteiger partial charge is 0.352 e. The molecule has 0 unspecified atom stereocenters. The summed E-state index contributed by atoms with van der Waals surface area (Å²) in [5.74, 6) is -0.277. The molecule has 1 fully saturated rings. The van der Waals surface area contributed by atoms with E-state index in [-0.39, 0.29) is 23.4 Å². The molecule has 5 nitrogen and oxygen atoms in total. The molecule has 0 atom stereocenters. The molecule has 1 N–H and O–H groups in total. The SMILES string of the molecule is Cc1ccc(S(=O)(=O)N(CC(=O)NC2CCCC2)c2ccc(Br)cc2)cc1. The van der Waals surface area contributed by atoms with Gasteiger partial charge >= 0.3 is 0 Å². The van der Waals surface area contributed by atoms with Crippen LogP contribution < -0.4 is 9.62 Å². The lowest BCUT2D eigenvalue weighted by atomic mass is 10.2. The lowest BCUT2D eigenvalue weighted by molar-refractivity contribution is -0.120. The second-order valence-corrected chi connectivity index (χ2v) is 9.63. The quantitative estimate of drug-likeness (QED) is 0.722. The summed E-state index contributed by atoms with van der Waals surface area (Å²) >= 11 is 3.36. The molecule has 0 spiro atoms. The molecule has 1 saturated carbocycles. The first-order chi connectivity index (χ1) is 12.9. The third-order valence-corrected chi connectivity index (χ3v) is 7.05. The Morgan fingerprint density at radius 1 is 1.07 bits per heavy atom. The summed E-state index contributed by atoms with van der Waals surface area (Å²) in [7, 11) is -3.86. The van der Waals surface area contributed by atoms with E-state index in [4.69, 9.17) is 0 Å². The van der Waals surface area contributed by atoms with Crippen molar-refractivity contribution in [1.82, 2.24) is 5.32 Å². The van der Waals surface area contributed by atoms with Crippen LogP contribution in [0.5, 0.6) is 0 Å². The molecule has 0 heterocycles. The van der Waals surface area contributed by atoms with Crippen molar-refractivity contribution in [1.29, 1.82) is 0 Å². The predicted octanol–water partition coefficient (Wildman–Crippen LogP) is 4.01. The molecule has 3 rings (SSSR count). The molecule has 0 radical (unpaired) electrons. The highest BCUT2D eigenvalue weighted by Gasteiger charge is 2.28. The first kappa shape index (κ1) is 19.9. The predicted molar refractivity (Wildman–Crippen MR) is 110 cm³/mol. The standard InChI is InChI=1S/C20H23BrN2O3S/c1-15-6-12-19(13-7-15)27(25,26)23(18-10-8-16(21)9-11-18)14-20(24)22-17-4-2-3-5-17/h6-13,17H,2-5,14H2,1H3,(H,22,24). The second-order valence-electron chi connectivity index (χ2n) is 6.85. The first-order valence-electron chi connectivity index (χ1n) is 9.00. The number of hydrogen-bond donors (Lipinski definition) is 1. The topological polar surface area (TPSA) is 66.5 Å². The Kier molecular flexibility index (Phi) is 6.22. The molecule has 1 aliphatic rings. The number of rotatable bonds is 6. The van der Waals surface area contributed by atoms with Gasteiger partial charge in [-0.05, 0) is 56.2 Å². The summed E-state index contributed by atoms with van der Waals surface area (Å²) in [6.07, 6.45) is 4.11. The Balaban J connectivity index is 1.90.